The Balaban J connectivity index is 1.56. The topological polar surface area (TPSA) is 65.9 Å². The van der Waals surface area contributed by atoms with Crippen molar-refractivity contribution in [2.24, 2.45) is 5.41 Å². The number of carbonyl (C=O) groups is 1. The number of aliphatic carboxylic acids is 1. The molecule has 3 heterocycles. The second-order valence-electron chi connectivity index (χ2n) is 14.5. The van der Waals surface area contributed by atoms with Crippen LogP contribution in [0.5, 0.6) is 0 Å². The molecular weight excluding hydrogens is 570 g/mol. The molecular formula is C37H48ClN3O3. The fraction of sp³-hybridized carbons (Fsp3) is 0.514. The number of hydrogen-bond acceptors (Lipinski definition) is 5. The van der Waals surface area contributed by atoms with Crippen molar-refractivity contribution in [1.82, 2.24) is 9.88 Å². The standard InChI is InChI=1S/C37H48ClN3O3/c1-23-9-10-26(19-30(23)38)21-40-16-13-27-20-28(11-12-29(27)22-40)31-24(2)39-25(3)32(34(35(42)43)44-36(4,5)6)33(31)41-17-14-37(7,8)15-18-41/h9-12,19-20,34H,13-18,21-22H2,1-8H3,(H,42,43). The zero-order chi connectivity index (χ0) is 32.0. The summed E-state index contributed by atoms with van der Waals surface area (Å²) >= 11 is 6.41. The van der Waals surface area contributed by atoms with Gasteiger partial charge in [0.15, 0.2) is 6.10 Å². The van der Waals surface area contributed by atoms with Gasteiger partial charge in [-0.25, -0.2) is 4.79 Å². The highest BCUT2D eigenvalue weighted by Crippen LogP contribution is 2.45. The molecule has 0 aliphatic carbocycles. The minimum absolute atomic E-state index is 0.254. The van der Waals surface area contributed by atoms with Crippen molar-refractivity contribution >= 4 is 23.3 Å². The minimum atomic E-state index is -1.12. The van der Waals surface area contributed by atoms with Gasteiger partial charge < -0.3 is 14.7 Å². The van der Waals surface area contributed by atoms with Gasteiger partial charge in [-0.15, -0.1) is 0 Å². The van der Waals surface area contributed by atoms with Crippen LogP contribution in [0.2, 0.25) is 5.02 Å². The minimum Gasteiger partial charge on any atom is -0.479 e. The van der Waals surface area contributed by atoms with Crippen molar-refractivity contribution < 1.29 is 14.6 Å². The Hall–Kier alpha value is -2.93. The molecule has 0 bridgehead atoms. The molecule has 1 unspecified atom stereocenters. The van der Waals surface area contributed by atoms with Crippen LogP contribution < -0.4 is 4.90 Å². The predicted molar refractivity (Wildman–Crippen MR) is 180 cm³/mol. The third kappa shape index (κ3) is 7.14. The molecule has 1 N–H and O–H groups in total. The first kappa shape index (κ1) is 32.5. The Morgan fingerprint density at radius 3 is 2.36 bits per heavy atom. The Morgan fingerprint density at radius 2 is 1.73 bits per heavy atom. The number of benzene rings is 2. The molecule has 236 valence electrons. The lowest BCUT2D eigenvalue weighted by Gasteiger charge is -2.41. The maximum atomic E-state index is 12.8. The van der Waals surface area contributed by atoms with Crippen LogP contribution in [0.3, 0.4) is 0 Å². The van der Waals surface area contributed by atoms with Crippen LogP contribution in [-0.2, 0) is 29.0 Å². The lowest BCUT2D eigenvalue weighted by Crippen LogP contribution is -2.39. The van der Waals surface area contributed by atoms with Gasteiger partial charge in [0.2, 0.25) is 0 Å². The first-order valence-electron chi connectivity index (χ1n) is 15.9. The molecule has 0 spiro atoms. The molecule has 5 rings (SSSR count). The SMILES string of the molecule is Cc1ccc(CN2CCc3cc(-c4c(C)nc(C)c(C(OC(C)(C)C)C(=O)O)c4N4CCC(C)(C)CC4)ccc3C2)cc1Cl. The third-order valence-electron chi connectivity index (χ3n) is 9.20. The van der Waals surface area contributed by atoms with Crippen molar-refractivity contribution in [2.45, 2.75) is 99.4 Å². The summed E-state index contributed by atoms with van der Waals surface area (Å²) in [5, 5.41) is 11.3. The summed E-state index contributed by atoms with van der Waals surface area (Å²) < 4.78 is 6.25. The molecule has 0 radical (unpaired) electrons. The molecule has 0 saturated carbocycles. The van der Waals surface area contributed by atoms with Crippen molar-refractivity contribution in [3.8, 4) is 11.1 Å². The van der Waals surface area contributed by atoms with Gasteiger partial charge in [-0.2, -0.15) is 0 Å². The van der Waals surface area contributed by atoms with Crippen LogP contribution in [0, 0.1) is 26.2 Å². The summed E-state index contributed by atoms with van der Waals surface area (Å²) in [6.07, 6.45) is 1.91. The first-order valence-corrected chi connectivity index (χ1v) is 16.3. The molecule has 1 atom stereocenters. The van der Waals surface area contributed by atoms with Gasteiger partial charge in [0.05, 0.1) is 11.3 Å². The normalized spacial score (nSPS) is 17.8. The Morgan fingerprint density at radius 1 is 1.02 bits per heavy atom. The first-order chi connectivity index (χ1) is 20.6. The van der Waals surface area contributed by atoms with Gasteiger partial charge in [-0.05, 0) is 100 Å². The third-order valence-corrected chi connectivity index (χ3v) is 9.61. The molecule has 1 fully saturated rings. The summed E-state index contributed by atoms with van der Waals surface area (Å²) in [5.41, 5.74) is 10.0. The molecule has 2 aliphatic rings. The molecule has 6 nitrogen and oxygen atoms in total. The Labute approximate surface area is 268 Å². The Bertz CT molecular complexity index is 1550. The summed E-state index contributed by atoms with van der Waals surface area (Å²) in [7, 11) is 0. The van der Waals surface area contributed by atoms with E-state index in [9.17, 15) is 9.90 Å². The number of rotatable bonds is 7. The number of ether oxygens (including phenoxy) is 1. The van der Waals surface area contributed by atoms with Crippen LogP contribution in [0.1, 0.15) is 92.8 Å². The quantitative estimate of drug-likeness (QED) is 0.287. The predicted octanol–water partition coefficient (Wildman–Crippen LogP) is 8.45. The van der Waals surface area contributed by atoms with Crippen molar-refractivity contribution in [2.75, 3.05) is 24.5 Å². The van der Waals surface area contributed by atoms with Crippen LogP contribution in [0.25, 0.3) is 11.1 Å². The number of fused-ring (bicyclic) bond motifs is 1. The summed E-state index contributed by atoms with van der Waals surface area (Å²) in [6, 6.07) is 13.1. The van der Waals surface area contributed by atoms with Crippen LogP contribution in [0.15, 0.2) is 36.4 Å². The largest absolute Gasteiger partial charge is 0.479 e. The molecule has 2 aliphatic heterocycles. The summed E-state index contributed by atoms with van der Waals surface area (Å²) in [4.78, 5) is 22.6. The maximum absolute atomic E-state index is 12.8. The van der Waals surface area contributed by atoms with Gasteiger partial charge >= 0.3 is 5.97 Å². The van der Waals surface area contributed by atoms with E-state index in [4.69, 9.17) is 21.3 Å². The van der Waals surface area contributed by atoms with E-state index in [2.05, 4.69) is 67.0 Å². The van der Waals surface area contributed by atoms with Crippen LogP contribution >= 0.6 is 11.6 Å². The van der Waals surface area contributed by atoms with E-state index < -0.39 is 17.7 Å². The fourth-order valence-corrected chi connectivity index (χ4v) is 6.85. The van der Waals surface area contributed by atoms with Crippen LogP contribution in [-0.4, -0.2) is 46.2 Å². The number of halogens is 1. The highest BCUT2D eigenvalue weighted by molar-refractivity contribution is 6.31. The number of aromatic nitrogens is 1. The van der Waals surface area contributed by atoms with Gasteiger partial charge in [0.1, 0.15) is 0 Å². The summed E-state index contributed by atoms with van der Waals surface area (Å²) in [5.74, 6) is -0.987. The van der Waals surface area contributed by atoms with E-state index in [1.807, 2.05) is 34.6 Å². The van der Waals surface area contributed by atoms with Crippen LogP contribution in [0.4, 0.5) is 5.69 Å². The number of carboxylic acids is 1. The highest BCUT2D eigenvalue weighted by Gasteiger charge is 2.36. The van der Waals surface area contributed by atoms with Gasteiger partial charge in [-0.3, -0.25) is 9.88 Å². The van der Waals surface area contributed by atoms with Crippen molar-refractivity contribution in [3.05, 3.63) is 80.6 Å². The number of piperidine rings is 1. The Kier molecular flexibility index (Phi) is 9.19. The van der Waals surface area contributed by atoms with Gasteiger partial charge in [0.25, 0.3) is 0 Å². The fourth-order valence-electron chi connectivity index (χ4n) is 6.65. The average molecular weight is 618 g/mol. The lowest BCUT2D eigenvalue weighted by molar-refractivity contribution is -0.160. The average Bonchev–Trinajstić information content (AvgIpc) is 2.93. The monoisotopic (exact) mass is 617 g/mol. The molecule has 1 aromatic heterocycles. The number of pyridine rings is 1. The second kappa shape index (κ2) is 12.5. The van der Waals surface area contributed by atoms with E-state index in [1.54, 1.807) is 0 Å². The molecule has 7 heteroatoms. The number of anilines is 1. The van der Waals surface area contributed by atoms with Gasteiger partial charge in [-0.1, -0.05) is 55.8 Å². The zero-order valence-electron chi connectivity index (χ0n) is 27.7. The van der Waals surface area contributed by atoms with E-state index in [0.29, 0.717) is 11.3 Å². The van der Waals surface area contributed by atoms with E-state index in [-0.39, 0.29) is 5.41 Å². The maximum Gasteiger partial charge on any atom is 0.337 e. The lowest BCUT2D eigenvalue weighted by atomic mass is 9.81. The summed E-state index contributed by atoms with van der Waals surface area (Å²) in [6.45, 7) is 20.8. The van der Waals surface area contributed by atoms with Crippen molar-refractivity contribution in [1.29, 1.82) is 0 Å². The van der Waals surface area contributed by atoms with E-state index in [1.165, 1.54) is 16.7 Å². The van der Waals surface area contributed by atoms with E-state index >= 15 is 0 Å². The zero-order valence-corrected chi connectivity index (χ0v) is 28.4. The number of hydrogen-bond donors (Lipinski definition) is 1. The number of nitrogens with zero attached hydrogens (tertiary/aromatic N) is 3. The smallest absolute Gasteiger partial charge is 0.337 e. The second-order valence-corrected chi connectivity index (χ2v) is 15.0. The molecule has 2 aromatic carbocycles. The molecule has 1 saturated heterocycles. The van der Waals surface area contributed by atoms with E-state index in [0.717, 1.165) is 85.1 Å². The molecule has 44 heavy (non-hydrogen) atoms. The van der Waals surface area contributed by atoms with Crippen molar-refractivity contribution in [3.63, 3.8) is 0 Å². The molecule has 3 aromatic rings. The molecule has 0 amide bonds. The number of carboxylic acid groups (broad SMARTS) is 1. The number of aryl methyl sites for hydroxylation is 3. The highest BCUT2D eigenvalue weighted by atomic mass is 35.5. The van der Waals surface area contributed by atoms with Gasteiger partial charge in [0, 0.05) is 60.3 Å².